The van der Waals surface area contributed by atoms with Gasteiger partial charge < -0.3 is 37.3 Å². The molecular formula is C44H39F3O11. The van der Waals surface area contributed by atoms with E-state index in [0.717, 1.165) is 0 Å². The van der Waals surface area contributed by atoms with Crippen molar-refractivity contribution in [3.8, 4) is 45.3 Å². The third kappa shape index (κ3) is 10.2. The fourth-order valence-electron chi connectivity index (χ4n) is 6.08. The number of halogens is 3. The zero-order chi connectivity index (χ0) is 41.4. The van der Waals surface area contributed by atoms with Crippen LogP contribution in [0.2, 0.25) is 0 Å². The van der Waals surface area contributed by atoms with Gasteiger partial charge in [0, 0.05) is 45.5 Å². The zero-order valence-corrected chi connectivity index (χ0v) is 31.8. The quantitative estimate of drug-likeness (QED) is 0.0498. The molecule has 6 aromatic rings. The van der Waals surface area contributed by atoms with Crippen LogP contribution in [-0.4, -0.2) is 58.9 Å². The van der Waals surface area contributed by atoms with Crippen molar-refractivity contribution in [3.05, 3.63) is 130 Å². The van der Waals surface area contributed by atoms with E-state index in [1.54, 1.807) is 84.9 Å². The van der Waals surface area contributed by atoms with Gasteiger partial charge in [-0.05, 0) is 55.5 Å². The van der Waals surface area contributed by atoms with Gasteiger partial charge in [-0.15, -0.1) is 0 Å². The number of carbonyl (C=O) groups excluding carboxylic acids is 1. The number of para-hydroxylation sites is 2. The Morgan fingerprint density at radius 3 is 1.60 bits per heavy atom. The van der Waals surface area contributed by atoms with E-state index in [2.05, 4.69) is 6.58 Å². The molecule has 2 heterocycles. The van der Waals surface area contributed by atoms with Crippen LogP contribution in [0.5, 0.6) is 23.0 Å². The molecule has 1 unspecified atom stereocenters. The van der Waals surface area contributed by atoms with Gasteiger partial charge >= 0.3 is 23.4 Å². The average molecular weight is 801 g/mol. The lowest BCUT2D eigenvalue weighted by atomic mass is 10.0. The van der Waals surface area contributed by atoms with Gasteiger partial charge in [-0.25, -0.2) is 14.4 Å². The van der Waals surface area contributed by atoms with Crippen molar-refractivity contribution in [2.45, 2.75) is 25.6 Å². The molecule has 0 aliphatic heterocycles. The molecule has 14 heteroatoms. The van der Waals surface area contributed by atoms with Crippen molar-refractivity contribution in [1.29, 1.82) is 0 Å². The second-order valence-corrected chi connectivity index (χ2v) is 13.3. The van der Waals surface area contributed by atoms with E-state index in [9.17, 15) is 27.6 Å². The van der Waals surface area contributed by atoms with Crippen LogP contribution in [0.4, 0.5) is 13.2 Å². The zero-order valence-electron chi connectivity index (χ0n) is 31.8. The van der Waals surface area contributed by atoms with Crippen molar-refractivity contribution < 1.29 is 55.2 Å². The summed E-state index contributed by atoms with van der Waals surface area (Å²) in [6, 6.07) is 27.1. The van der Waals surface area contributed by atoms with Gasteiger partial charge in [0.25, 0.3) is 0 Å². The minimum Gasteiger partial charge on any atom is -0.496 e. The molecule has 0 saturated heterocycles. The molecule has 4 aromatic carbocycles. The number of hydrogen-bond donors (Lipinski definition) is 0. The third-order valence-corrected chi connectivity index (χ3v) is 8.97. The van der Waals surface area contributed by atoms with Gasteiger partial charge in [-0.1, -0.05) is 43.0 Å². The fraction of sp³-hybridized carbons (Fsp3) is 0.250. The summed E-state index contributed by atoms with van der Waals surface area (Å²) < 4.78 is 85.7. The molecule has 0 amide bonds. The molecule has 2 aromatic heterocycles. The minimum atomic E-state index is -4.58. The highest BCUT2D eigenvalue weighted by Gasteiger charge is 2.33. The molecule has 0 aliphatic carbocycles. The predicted molar refractivity (Wildman–Crippen MR) is 210 cm³/mol. The highest BCUT2D eigenvalue weighted by atomic mass is 19.4. The van der Waals surface area contributed by atoms with Crippen LogP contribution in [0.15, 0.2) is 128 Å². The van der Waals surface area contributed by atoms with Crippen LogP contribution >= 0.6 is 0 Å². The van der Waals surface area contributed by atoms with E-state index >= 15 is 0 Å². The van der Waals surface area contributed by atoms with Crippen molar-refractivity contribution in [2.24, 2.45) is 5.92 Å². The summed E-state index contributed by atoms with van der Waals surface area (Å²) in [6.07, 6.45) is -6.84. The Balaban J connectivity index is 1.22. The van der Waals surface area contributed by atoms with Crippen LogP contribution in [0.1, 0.15) is 13.3 Å². The van der Waals surface area contributed by atoms with Gasteiger partial charge in [0.05, 0.1) is 45.0 Å². The normalized spacial score (nSPS) is 12.1. The summed E-state index contributed by atoms with van der Waals surface area (Å²) in [5.74, 6) is -0.540. The molecule has 0 fully saturated rings. The summed E-state index contributed by atoms with van der Waals surface area (Å²) in [5.41, 5.74) is 1.01. The largest absolute Gasteiger partial charge is 0.496 e. The number of rotatable bonds is 17. The molecule has 1 atom stereocenters. The van der Waals surface area contributed by atoms with Gasteiger partial charge in [-0.2, -0.15) is 13.2 Å². The predicted octanol–water partition coefficient (Wildman–Crippen LogP) is 8.78. The highest BCUT2D eigenvalue weighted by molar-refractivity contribution is 5.87. The lowest BCUT2D eigenvalue weighted by Gasteiger charge is -2.24. The average Bonchev–Trinajstić information content (AvgIpc) is 3.20. The number of methoxy groups -OCH3 is 2. The Morgan fingerprint density at radius 2 is 1.16 bits per heavy atom. The smallest absolute Gasteiger partial charge is 0.389 e. The second kappa shape index (κ2) is 18.2. The lowest BCUT2D eigenvalue weighted by Crippen LogP contribution is -2.33. The SMILES string of the molecule is C=C(C)C(=O)OCC(COC(COc1ccc2cc(-c3ccccc3OC)c(=O)oc2c1)COc1ccc2cc(-c3ccccc3OC)c(=O)oc2c1)CC(F)(F)F. The van der Waals surface area contributed by atoms with E-state index in [0.29, 0.717) is 44.5 Å². The number of alkyl halides is 3. The summed E-state index contributed by atoms with van der Waals surface area (Å²) in [6.45, 7) is 3.37. The van der Waals surface area contributed by atoms with Gasteiger partial charge in [-0.3, -0.25) is 0 Å². The summed E-state index contributed by atoms with van der Waals surface area (Å²) in [4.78, 5) is 38.1. The maximum Gasteiger partial charge on any atom is 0.389 e. The van der Waals surface area contributed by atoms with Gasteiger partial charge in [0.2, 0.25) is 0 Å². The summed E-state index contributed by atoms with van der Waals surface area (Å²) >= 11 is 0. The van der Waals surface area contributed by atoms with Crippen molar-refractivity contribution in [3.63, 3.8) is 0 Å². The second-order valence-electron chi connectivity index (χ2n) is 13.3. The first-order valence-corrected chi connectivity index (χ1v) is 18.0. The Hall–Kier alpha value is -6.54. The molecule has 0 saturated carbocycles. The standard InChI is InChI=1S/C44H39F3O11/c1-26(2)41(48)56-23-27(21-44(45,46)47)22-53-32(24-54-30-15-13-28-17-35(42(49)57-39(28)19-30)33-9-5-7-11-37(33)51-3)25-55-31-16-14-29-18-36(43(50)58-40(29)20-31)34-10-6-8-12-38(34)52-4/h5-20,27,32H,1,21-25H2,2-4H3. The molecule has 0 radical (unpaired) electrons. The van der Waals surface area contributed by atoms with E-state index in [1.807, 2.05) is 0 Å². The minimum absolute atomic E-state index is 0.0378. The van der Waals surface area contributed by atoms with Crippen LogP contribution in [0.3, 0.4) is 0 Å². The topological polar surface area (TPSA) is 133 Å². The number of hydrogen-bond acceptors (Lipinski definition) is 11. The number of benzene rings is 4. The van der Waals surface area contributed by atoms with Gasteiger partial charge in [0.1, 0.15) is 53.5 Å². The van der Waals surface area contributed by atoms with E-state index < -0.39 is 55.1 Å². The first-order chi connectivity index (χ1) is 27.8. The molecule has 11 nitrogen and oxygen atoms in total. The van der Waals surface area contributed by atoms with Crippen molar-refractivity contribution in [2.75, 3.05) is 40.6 Å². The first kappa shape index (κ1) is 41.1. The number of esters is 1. The molecule has 0 spiro atoms. The Labute approximate surface area is 330 Å². The molecule has 0 bridgehead atoms. The third-order valence-electron chi connectivity index (χ3n) is 8.97. The van der Waals surface area contributed by atoms with E-state index in [4.69, 9.17) is 37.3 Å². The summed E-state index contributed by atoms with van der Waals surface area (Å²) in [7, 11) is 3.01. The maximum absolute atomic E-state index is 13.5. The number of ether oxygens (including phenoxy) is 6. The van der Waals surface area contributed by atoms with Crippen LogP contribution in [0, 0.1) is 5.92 Å². The van der Waals surface area contributed by atoms with Crippen LogP contribution in [-0.2, 0) is 14.3 Å². The highest BCUT2D eigenvalue weighted by Crippen LogP contribution is 2.32. The molecule has 0 aliphatic rings. The van der Waals surface area contributed by atoms with Gasteiger partial charge in [0.15, 0.2) is 0 Å². The molecule has 302 valence electrons. The number of carbonyl (C=O) groups is 1. The monoisotopic (exact) mass is 800 g/mol. The molecular weight excluding hydrogens is 761 g/mol. The van der Waals surface area contributed by atoms with Crippen molar-refractivity contribution in [1.82, 2.24) is 0 Å². The van der Waals surface area contributed by atoms with Crippen LogP contribution < -0.4 is 30.2 Å². The Bertz CT molecular complexity index is 2390. The molecule has 0 N–H and O–H groups in total. The van der Waals surface area contributed by atoms with Crippen LogP contribution in [0.25, 0.3) is 44.2 Å². The number of fused-ring (bicyclic) bond motifs is 2. The van der Waals surface area contributed by atoms with E-state index in [-0.39, 0.29) is 41.5 Å². The van der Waals surface area contributed by atoms with E-state index in [1.165, 1.54) is 33.3 Å². The molecule has 58 heavy (non-hydrogen) atoms. The fourth-order valence-corrected chi connectivity index (χ4v) is 6.08. The maximum atomic E-state index is 13.5. The van der Waals surface area contributed by atoms with Crippen molar-refractivity contribution >= 4 is 27.9 Å². The molecule has 6 rings (SSSR count). The Morgan fingerprint density at radius 1 is 0.672 bits per heavy atom. The lowest BCUT2D eigenvalue weighted by molar-refractivity contribution is -0.163. The Kier molecular flexibility index (Phi) is 12.9. The summed E-state index contributed by atoms with van der Waals surface area (Å²) in [5, 5.41) is 1.20. The first-order valence-electron chi connectivity index (χ1n) is 18.0.